The number of hydrogen-bond acceptors (Lipinski definition) is 5. The van der Waals surface area contributed by atoms with Gasteiger partial charge in [-0.15, -0.1) is 24.0 Å². The van der Waals surface area contributed by atoms with Crippen LogP contribution in [0.15, 0.2) is 23.2 Å². The Morgan fingerprint density at radius 1 is 1.35 bits per heavy atom. The fraction of sp³-hybridized carbons (Fsp3) is 0.611. The quantitative estimate of drug-likeness (QED) is 0.372. The van der Waals surface area contributed by atoms with Crippen LogP contribution in [0.4, 0.5) is 5.69 Å². The van der Waals surface area contributed by atoms with E-state index in [0.29, 0.717) is 23.6 Å². The summed E-state index contributed by atoms with van der Waals surface area (Å²) >= 11 is 0. The molecule has 148 valence electrons. The highest BCUT2D eigenvalue weighted by Gasteiger charge is 2.23. The minimum absolute atomic E-state index is 0. The molecule has 7 nitrogen and oxygen atoms in total. The van der Waals surface area contributed by atoms with E-state index < -0.39 is 0 Å². The lowest BCUT2D eigenvalue weighted by molar-refractivity contribution is -0.0173. The Morgan fingerprint density at radius 3 is 2.69 bits per heavy atom. The molecule has 1 saturated heterocycles. The standard InChI is InChI=1S/C18H30N4O3.HI/c1-13(22-8-9-25-12-14(22)2)11-20-18(19-3)21-15-6-7-16(23-4)17(10-15)24-5;/h6-7,10,13-14H,8-9,11-12H2,1-5H3,(H2,19,20,21);1H. The number of rotatable bonds is 6. The number of methoxy groups -OCH3 is 2. The molecule has 1 fully saturated rings. The van der Waals surface area contributed by atoms with Crippen molar-refractivity contribution in [1.29, 1.82) is 0 Å². The Labute approximate surface area is 173 Å². The van der Waals surface area contributed by atoms with Crippen LogP contribution in [-0.2, 0) is 4.74 Å². The highest BCUT2D eigenvalue weighted by Crippen LogP contribution is 2.29. The van der Waals surface area contributed by atoms with Crippen molar-refractivity contribution in [2.45, 2.75) is 25.9 Å². The van der Waals surface area contributed by atoms with Crippen molar-refractivity contribution in [2.24, 2.45) is 4.99 Å². The second-order valence-corrected chi connectivity index (χ2v) is 6.16. The molecule has 0 radical (unpaired) electrons. The molecule has 0 bridgehead atoms. The largest absolute Gasteiger partial charge is 0.493 e. The van der Waals surface area contributed by atoms with E-state index in [1.165, 1.54) is 0 Å². The zero-order chi connectivity index (χ0) is 18.2. The molecule has 0 aliphatic carbocycles. The maximum absolute atomic E-state index is 5.51. The van der Waals surface area contributed by atoms with Crippen molar-refractivity contribution in [1.82, 2.24) is 10.2 Å². The van der Waals surface area contributed by atoms with Crippen LogP contribution in [0.25, 0.3) is 0 Å². The first-order chi connectivity index (χ1) is 12.1. The highest BCUT2D eigenvalue weighted by atomic mass is 127. The highest BCUT2D eigenvalue weighted by molar-refractivity contribution is 14.0. The molecule has 1 aromatic carbocycles. The summed E-state index contributed by atoms with van der Waals surface area (Å²) in [5.74, 6) is 2.10. The number of benzene rings is 1. The van der Waals surface area contributed by atoms with E-state index in [9.17, 15) is 0 Å². The van der Waals surface area contributed by atoms with Crippen LogP contribution in [0.5, 0.6) is 11.5 Å². The van der Waals surface area contributed by atoms with Crippen molar-refractivity contribution in [3.8, 4) is 11.5 Å². The van der Waals surface area contributed by atoms with Crippen LogP contribution in [0.1, 0.15) is 13.8 Å². The Kier molecular flexibility index (Phi) is 10.0. The summed E-state index contributed by atoms with van der Waals surface area (Å²) < 4.78 is 16.1. The third-order valence-corrected chi connectivity index (χ3v) is 4.42. The smallest absolute Gasteiger partial charge is 0.195 e. The van der Waals surface area contributed by atoms with Crippen LogP contribution in [-0.4, -0.2) is 70.5 Å². The lowest BCUT2D eigenvalue weighted by Crippen LogP contribution is -2.52. The van der Waals surface area contributed by atoms with Gasteiger partial charge in [0.2, 0.25) is 0 Å². The molecule has 1 aliphatic heterocycles. The number of nitrogens with zero attached hydrogens (tertiary/aromatic N) is 2. The Hall–Kier alpha value is -1.26. The Balaban J connectivity index is 0.00000338. The number of hydrogen-bond donors (Lipinski definition) is 2. The van der Waals surface area contributed by atoms with Crippen LogP contribution < -0.4 is 20.1 Å². The van der Waals surface area contributed by atoms with Gasteiger partial charge < -0.3 is 24.8 Å². The summed E-state index contributed by atoms with van der Waals surface area (Å²) in [7, 11) is 5.01. The Morgan fingerprint density at radius 2 is 2.08 bits per heavy atom. The SMILES string of the molecule is CN=C(NCC(C)N1CCOCC1C)Nc1ccc(OC)c(OC)c1.I. The van der Waals surface area contributed by atoms with Gasteiger partial charge in [0.25, 0.3) is 0 Å². The summed E-state index contributed by atoms with van der Waals surface area (Å²) in [6.07, 6.45) is 0. The van der Waals surface area contributed by atoms with E-state index in [1.54, 1.807) is 21.3 Å². The van der Waals surface area contributed by atoms with Crippen molar-refractivity contribution in [3.63, 3.8) is 0 Å². The summed E-state index contributed by atoms with van der Waals surface area (Å²) in [6, 6.07) is 6.52. The minimum atomic E-state index is 0. The van der Waals surface area contributed by atoms with E-state index in [4.69, 9.17) is 14.2 Å². The van der Waals surface area contributed by atoms with Crippen molar-refractivity contribution in [2.75, 3.05) is 52.9 Å². The molecule has 0 aromatic heterocycles. The lowest BCUT2D eigenvalue weighted by atomic mass is 10.2. The predicted molar refractivity (Wildman–Crippen MR) is 116 cm³/mol. The number of aliphatic imine (C=N–C) groups is 1. The number of halogens is 1. The normalized spacial score (nSPS) is 19.3. The third kappa shape index (κ3) is 6.17. The second-order valence-electron chi connectivity index (χ2n) is 6.16. The van der Waals surface area contributed by atoms with Gasteiger partial charge in [0, 0.05) is 44.0 Å². The van der Waals surface area contributed by atoms with Crippen molar-refractivity contribution < 1.29 is 14.2 Å². The zero-order valence-electron chi connectivity index (χ0n) is 16.2. The first kappa shape index (κ1) is 22.8. The molecule has 0 amide bonds. The number of guanidine groups is 1. The van der Waals surface area contributed by atoms with Gasteiger partial charge in [0.1, 0.15) is 0 Å². The fourth-order valence-corrected chi connectivity index (χ4v) is 2.99. The molecule has 1 heterocycles. The summed E-state index contributed by atoms with van der Waals surface area (Å²) in [5.41, 5.74) is 0.887. The predicted octanol–water partition coefficient (Wildman–Crippen LogP) is 2.42. The van der Waals surface area contributed by atoms with Gasteiger partial charge in [-0.25, -0.2) is 0 Å². The molecule has 1 aromatic rings. The first-order valence-electron chi connectivity index (χ1n) is 8.62. The molecular formula is C18H31IN4O3. The first-order valence-corrected chi connectivity index (χ1v) is 8.62. The van der Waals surface area contributed by atoms with Crippen molar-refractivity contribution in [3.05, 3.63) is 18.2 Å². The van der Waals surface area contributed by atoms with E-state index in [1.807, 2.05) is 18.2 Å². The summed E-state index contributed by atoms with van der Waals surface area (Å²) in [6.45, 7) is 7.78. The zero-order valence-corrected chi connectivity index (χ0v) is 18.6. The van der Waals surface area contributed by atoms with Gasteiger partial charge in [-0.3, -0.25) is 9.89 Å². The molecule has 2 atom stereocenters. The van der Waals surface area contributed by atoms with Crippen LogP contribution >= 0.6 is 24.0 Å². The molecule has 1 aliphatic rings. The minimum Gasteiger partial charge on any atom is -0.493 e. The van der Waals surface area contributed by atoms with Crippen molar-refractivity contribution >= 4 is 35.6 Å². The number of morpholine rings is 1. The topological polar surface area (TPSA) is 67.4 Å². The Bertz CT molecular complexity index is 586. The monoisotopic (exact) mass is 478 g/mol. The van der Waals surface area contributed by atoms with E-state index in [-0.39, 0.29) is 24.0 Å². The maximum Gasteiger partial charge on any atom is 0.195 e. The van der Waals surface area contributed by atoms with E-state index in [0.717, 1.165) is 38.0 Å². The van der Waals surface area contributed by atoms with E-state index >= 15 is 0 Å². The number of ether oxygens (including phenoxy) is 3. The third-order valence-electron chi connectivity index (χ3n) is 4.42. The molecule has 2 rings (SSSR count). The average Bonchev–Trinajstić information content (AvgIpc) is 2.64. The molecule has 2 N–H and O–H groups in total. The molecule has 8 heteroatoms. The van der Waals surface area contributed by atoms with Gasteiger partial charge >= 0.3 is 0 Å². The average molecular weight is 478 g/mol. The molecule has 26 heavy (non-hydrogen) atoms. The fourth-order valence-electron chi connectivity index (χ4n) is 2.99. The number of anilines is 1. The van der Waals surface area contributed by atoms with Crippen LogP contribution in [0.2, 0.25) is 0 Å². The van der Waals surface area contributed by atoms with Crippen LogP contribution in [0, 0.1) is 0 Å². The maximum atomic E-state index is 5.51. The lowest BCUT2D eigenvalue weighted by Gasteiger charge is -2.38. The number of nitrogens with one attached hydrogen (secondary N) is 2. The molecule has 2 unspecified atom stereocenters. The summed E-state index contributed by atoms with van der Waals surface area (Å²) in [5, 5.41) is 6.67. The molecule has 0 saturated carbocycles. The van der Waals surface area contributed by atoms with E-state index in [2.05, 4.69) is 34.4 Å². The second kappa shape index (κ2) is 11.5. The van der Waals surface area contributed by atoms with Gasteiger partial charge in [-0.1, -0.05) is 0 Å². The van der Waals surface area contributed by atoms with Gasteiger partial charge in [0.05, 0.1) is 27.4 Å². The van der Waals surface area contributed by atoms with Gasteiger partial charge in [0.15, 0.2) is 17.5 Å². The molecule has 0 spiro atoms. The van der Waals surface area contributed by atoms with Gasteiger partial charge in [-0.05, 0) is 26.0 Å². The van der Waals surface area contributed by atoms with Crippen LogP contribution in [0.3, 0.4) is 0 Å². The molecular weight excluding hydrogens is 447 g/mol. The van der Waals surface area contributed by atoms with Gasteiger partial charge in [-0.2, -0.15) is 0 Å². The summed E-state index contributed by atoms with van der Waals surface area (Å²) in [4.78, 5) is 6.76.